The molecule has 0 aliphatic heterocycles. The first-order chi connectivity index (χ1) is 9.25. The van der Waals surface area contributed by atoms with Crippen molar-refractivity contribution < 1.29 is 0 Å². The molecule has 0 spiro atoms. The van der Waals surface area contributed by atoms with E-state index in [2.05, 4.69) is 27.6 Å². The number of likely N-dealkylation sites (N-methyl/N-ethyl adjacent to an activating group) is 1. The standard InChI is InChI=1S/C15H22N4/c1-18(12-6-2-3-7-12)10-11-19-14-9-5-4-8-13(14)17-15(19)16/h4-5,8-9,12H,2-3,6-7,10-11H2,1H3,(H2,16,17). The summed E-state index contributed by atoms with van der Waals surface area (Å²) in [5.74, 6) is 0.626. The molecule has 1 aromatic carbocycles. The number of nitrogen functional groups attached to an aromatic ring is 1. The van der Waals surface area contributed by atoms with Gasteiger partial charge in [0.25, 0.3) is 0 Å². The number of nitrogens with zero attached hydrogens (tertiary/aromatic N) is 3. The Labute approximate surface area is 114 Å². The fourth-order valence-electron chi connectivity index (χ4n) is 3.11. The molecule has 102 valence electrons. The molecule has 4 heteroatoms. The van der Waals surface area contributed by atoms with Crippen molar-refractivity contribution >= 4 is 17.0 Å². The summed E-state index contributed by atoms with van der Waals surface area (Å²) in [5.41, 5.74) is 8.15. The average molecular weight is 258 g/mol. The summed E-state index contributed by atoms with van der Waals surface area (Å²) in [4.78, 5) is 6.88. The molecule has 1 heterocycles. The van der Waals surface area contributed by atoms with Gasteiger partial charge in [0.1, 0.15) is 0 Å². The molecule has 3 rings (SSSR count). The summed E-state index contributed by atoms with van der Waals surface area (Å²) in [5, 5.41) is 0. The van der Waals surface area contributed by atoms with Gasteiger partial charge in [0.05, 0.1) is 11.0 Å². The highest BCUT2D eigenvalue weighted by molar-refractivity contribution is 5.78. The maximum Gasteiger partial charge on any atom is 0.201 e. The van der Waals surface area contributed by atoms with E-state index in [0.29, 0.717) is 5.95 Å². The van der Waals surface area contributed by atoms with E-state index >= 15 is 0 Å². The zero-order chi connectivity index (χ0) is 13.2. The molecule has 0 amide bonds. The van der Waals surface area contributed by atoms with Gasteiger partial charge in [-0.25, -0.2) is 4.98 Å². The Kier molecular flexibility index (Phi) is 3.42. The van der Waals surface area contributed by atoms with Crippen LogP contribution in [0.25, 0.3) is 11.0 Å². The van der Waals surface area contributed by atoms with Crippen molar-refractivity contribution in [1.82, 2.24) is 14.5 Å². The van der Waals surface area contributed by atoms with E-state index in [4.69, 9.17) is 5.73 Å². The van der Waals surface area contributed by atoms with Crippen molar-refractivity contribution in [2.24, 2.45) is 0 Å². The number of rotatable bonds is 4. The lowest BCUT2D eigenvalue weighted by atomic mass is 10.2. The third-order valence-electron chi connectivity index (χ3n) is 4.31. The first kappa shape index (κ1) is 12.5. The number of para-hydroxylation sites is 2. The SMILES string of the molecule is CN(CCn1c(N)nc2ccccc21)C1CCCC1. The summed E-state index contributed by atoms with van der Waals surface area (Å²) in [7, 11) is 2.23. The van der Waals surface area contributed by atoms with E-state index in [1.165, 1.54) is 25.7 Å². The third kappa shape index (κ3) is 2.45. The predicted molar refractivity (Wildman–Crippen MR) is 79.0 cm³/mol. The highest BCUT2D eigenvalue weighted by Gasteiger charge is 2.19. The summed E-state index contributed by atoms with van der Waals surface area (Å²) < 4.78 is 2.13. The number of fused-ring (bicyclic) bond motifs is 1. The Hall–Kier alpha value is -1.55. The molecule has 4 nitrogen and oxygen atoms in total. The quantitative estimate of drug-likeness (QED) is 0.916. The van der Waals surface area contributed by atoms with Crippen LogP contribution < -0.4 is 5.73 Å². The first-order valence-electron chi connectivity index (χ1n) is 7.16. The number of hydrogen-bond donors (Lipinski definition) is 1. The topological polar surface area (TPSA) is 47.1 Å². The number of anilines is 1. The third-order valence-corrected chi connectivity index (χ3v) is 4.31. The van der Waals surface area contributed by atoms with Crippen LogP contribution in [0.1, 0.15) is 25.7 Å². The van der Waals surface area contributed by atoms with Gasteiger partial charge in [-0.1, -0.05) is 25.0 Å². The minimum atomic E-state index is 0.626. The van der Waals surface area contributed by atoms with Gasteiger partial charge in [0.2, 0.25) is 5.95 Å². The molecule has 1 aliphatic rings. The lowest BCUT2D eigenvalue weighted by Gasteiger charge is -2.24. The van der Waals surface area contributed by atoms with Crippen LogP contribution in [0.3, 0.4) is 0 Å². The van der Waals surface area contributed by atoms with Crippen LogP contribution in [-0.2, 0) is 6.54 Å². The molecule has 2 aromatic rings. The predicted octanol–water partition coefficient (Wildman–Crippen LogP) is 2.49. The van der Waals surface area contributed by atoms with Crippen LogP contribution in [0.15, 0.2) is 24.3 Å². The van der Waals surface area contributed by atoms with Crippen LogP contribution in [0, 0.1) is 0 Å². The molecule has 1 aliphatic carbocycles. The van der Waals surface area contributed by atoms with Crippen molar-refractivity contribution in [1.29, 1.82) is 0 Å². The van der Waals surface area contributed by atoms with Crippen LogP contribution in [0.2, 0.25) is 0 Å². The maximum atomic E-state index is 6.03. The van der Waals surface area contributed by atoms with Gasteiger partial charge in [0, 0.05) is 19.1 Å². The van der Waals surface area contributed by atoms with Gasteiger partial charge in [-0.15, -0.1) is 0 Å². The smallest absolute Gasteiger partial charge is 0.201 e. The maximum absolute atomic E-state index is 6.03. The molecule has 0 saturated heterocycles. The molecule has 0 unspecified atom stereocenters. The van der Waals surface area contributed by atoms with Crippen LogP contribution in [-0.4, -0.2) is 34.1 Å². The van der Waals surface area contributed by atoms with Gasteiger partial charge >= 0.3 is 0 Å². The average Bonchev–Trinajstić information content (AvgIpc) is 3.03. The zero-order valence-electron chi connectivity index (χ0n) is 11.5. The monoisotopic (exact) mass is 258 g/mol. The van der Waals surface area contributed by atoms with Crippen molar-refractivity contribution in [2.45, 2.75) is 38.3 Å². The summed E-state index contributed by atoms with van der Waals surface area (Å²) in [6, 6.07) is 8.91. The second-order valence-electron chi connectivity index (χ2n) is 5.53. The molecule has 1 fully saturated rings. The number of nitrogens with two attached hydrogens (primary N) is 1. The number of benzene rings is 1. The lowest BCUT2D eigenvalue weighted by molar-refractivity contribution is 0.238. The van der Waals surface area contributed by atoms with Gasteiger partial charge in [-0.3, -0.25) is 0 Å². The van der Waals surface area contributed by atoms with E-state index in [9.17, 15) is 0 Å². The summed E-state index contributed by atoms with van der Waals surface area (Å²) in [6.45, 7) is 1.95. The van der Waals surface area contributed by atoms with E-state index in [1.807, 2.05) is 18.2 Å². The van der Waals surface area contributed by atoms with E-state index in [1.54, 1.807) is 0 Å². The van der Waals surface area contributed by atoms with Crippen molar-refractivity contribution in [3.8, 4) is 0 Å². The highest BCUT2D eigenvalue weighted by atomic mass is 15.2. The van der Waals surface area contributed by atoms with E-state index in [0.717, 1.165) is 30.2 Å². The Balaban J connectivity index is 1.72. The van der Waals surface area contributed by atoms with Gasteiger partial charge in [0.15, 0.2) is 0 Å². The normalized spacial score (nSPS) is 16.7. The lowest BCUT2D eigenvalue weighted by Crippen LogP contribution is -2.32. The summed E-state index contributed by atoms with van der Waals surface area (Å²) in [6.07, 6.45) is 5.45. The van der Waals surface area contributed by atoms with E-state index in [-0.39, 0.29) is 0 Å². The first-order valence-corrected chi connectivity index (χ1v) is 7.16. The summed E-state index contributed by atoms with van der Waals surface area (Å²) >= 11 is 0. The Morgan fingerprint density at radius 3 is 2.84 bits per heavy atom. The van der Waals surface area contributed by atoms with E-state index < -0.39 is 0 Å². The van der Waals surface area contributed by atoms with Crippen LogP contribution >= 0.6 is 0 Å². The fourth-order valence-corrected chi connectivity index (χ4v) is 3.11. The fraction of sp³-hybridized carbons (Fsp3) is 0.533. The van der Waals surface area contributed by atoms with Crippen molar-refractivity contribution in [2.75, 3.05) is 19.3 Å². The Morgan fingerprint density at radius 2 is 2.05 bits per heavy atom. The molecule has 0 bridgehead atoms. The molecule has 0 atom stereocenters. The number of imidazole rings is 1. The molecular formula is C15H22N4. The number of hydrogen-bond acceptors (Lipinski definition) is 3. The minimum Gasteiger partial charge on any atom is -0.369 e. The largest absolute Gasteiger partial charge is 0.369 e. The van der Waals surface area contributed by atoms with Gasteiger partial charge < -0.3 is 15.2 Å². The van der Waals surface area contributed by atoms with Gasteiger partial charge in [-0.2, -0.15) is 0 Å². The van der Waals surface area contributed by atoms with Crippen LogP contribution in [0.5, 0.6) is 0 Å². The molecule has 0 radical (unpaired) electrons. The molecular weight excluding hydrogens is 236 g/mol. The Bertz CT molecular complexity index is 554. The second-order valence-corrected chi connectivity index (χ2v) is 5.53. The Morgan fingerprint density at radius 1 is 1.32 bits per heavy atom. The van der Waals surface area contributed by atoms with Crippen LogP contribution in [0.4, 0.5) is 5.95 Å². The molecule has 19 heavy (non-hydrogen) atoms. The highest BCUT2D eigenvalue weighted by Crippen LogP contribution is 2.23. The number of aromatic nitrogens is 2. The van der Waals surface area contributed by atoms with Gasteiger partial charge in [-0.05, 0) is 32.0 Å². The molecule has 2 N–H and O–H groups in total. The minimum absolute atomic E-state index is 0.626. The second kappa shape index (κ2) is 5.21. The van der Waals surface area contributed by atoms with Crippen molar-refractivity contribution in [3.63, 3.8) is 0 Å². The zero-order valence-corrected chi connectivity index (χ0v) is 11.5. The van der Waals surface area contributed by atoms with Crippen molar-refractivity contribution in [3.05, 3.63) is 24.3 Å². The molecule has 1 aromatic heterocycles. The molecule has 1 saturated carbocycles.